The lowest BCUT2D eigenvalue weighted by molar-refractivity contribution is 0.0926. The van der Waals surface area contributed by atoms with Crippen LogP contribution in [0, 0.1) is 0 Å². The molecule has 0 unspecified atom stereocenters. The van der Waals surface area contributed by atoms with Gasteiger partial charge in [0.1, 0.15) is 0 Å². The van der Waals surface area contributed by atoms with Crippen LogP contribution in [0.15, 0.2) is 4.60 Å². The minimum absolute atomic E-state index is 0.0548. The summed E-state index contributed by atoms with van der Waals surface area (Å²) in [7, 11) is 1.69. The van der Waals surface area contributed by atoms with Gasteiger partial charge in [-0.3, -0.25) is 4.79 Å². The van der Waals surface area contributed by atoms with E-state index in [1.807, 2.05) is 0 Å². The van der Waals surface area contributed by atoms with Crippen LogP contribution in [0.2, 0.25) is 0 Å². The predicted molar refractivity (Wildman–Crippen MR) is 61.9 cm³/mol. The van der Waals surface area contributed by atoms with Gasteiger partial charge in [-0.25, -0.2) is 4.68 Å². The highest BCUT2D eigenvalue weighted by Crippen LogP contribution is 2.37. The van der Waals surface area contributed by atoms with Gasteiger partial charge in [0.25, 0.3) is 5.91 Å². The number of halogens is 2. The Bertz CT molecular complexity index is 380. The van der Waals surface area contributed by atoms with Crippen molar-refractivity contribution in [1.29, 1.82) is 0 Å². The molecule has 1 aliphatic rings. The second-order valence-electron chi connectivity index (χ2n) is 3.72. The van der Waals surface area contributed by atoms with E-state index in [4.69, 9.17) is 0 Å². The number of nitrogens with zero attached hydrogens (tertiary/aromatic N) is 3. The number of rotatable bonds is 3. The van der Waals surface area contributed by atoms with E-state index in [0.717, 1.165) is 18.2 Å². The quantitative estimate of drug-likeness (QED) is 0.844. The fourth-order valence-electron chi connectivity index (χ4n) is 1.32. The zero-order valence-corrected chi connectivity index (χ0v) is 11.3. The lowest BCUT2D eigenvalue weighted by Gasteiger charge is -2.13. The highest BCUT2D eigenvalue weighted by atomic mass is 79.9. The van der Waals surface area contributed by atoms with Gasteiger partial charge >= 0.3 is 0 Å². The summed E-state index contributed by atoms with van der Waals surface area (Å²) in [6, 6.07) is 0. The molecule has 1 heterocycles. The molecule has 2 rings (SSSR count). The van der Waals surface area contributed by atoms with Gasteiger partial charge in [0.15, 0.2) is 10.3 Å². The van der Waals surface area contributed by atoms with Crippen molar-refractivity contribution in [2.75, 3.05) is 5.33 Å². The van der Waals surface area contributed by atoms with Gasteiger partial charge in [-0.2, -0.15) is 0 Å². The van der Waals surface area contributed by atoms with Crippen molar-refractivity contribution >= 4 is 37.8 Å². The number of hydrogen-bond donors (Lipinski definition) is 1. The van der Waals surface area contributed by atoms with Crippen LogP contribution < -0.4 is 5.32 Å². The molecule has 5 nitrogen and oxygen atoms in total. The van der Waals surface area contributed by atoms with Crippen molar-refractivity contribution < 1.29 is 4.79 Å². The molecule has 1 fully saturated rings. The van der Waals surface area contributed by atoms with Gasteiger partial charge < -0.3 is 5.32 Å². The molecule has 15 heavy (non-hydrogen) atoms. The maximum atomic E-state index is 11.9. The topological polar surface area (TPSA) is 59.8 Å². The van der Waals surface area contributed by atoms with Crippen LogP contribution >= 0.6 is 31.9 Å². The van der Waals surface area contributed by atoms with Crippen LogP contribution in [0.5, 0.6) is 0 Å². The summed E-state index contributed by atoms with van der Waals surface area (Å²) in [5.41, 5.74) is 0.406. The maximum Gasteiger partial charge on any atom is 0.272 e. The summed E-state index contributed by atoms with van der Waals surface area (Å²) >= 11 is 6.60. The molecule has 0 aromatic carbocycles. The molecule has 0 atom stereocenters. The first-order valence-electron chi connectivity index (χ1n) is 4.52. The fourth-order valence-corrected chi connectivity index (χ4v) is 2.52. The molecular formula is C8H10Br2N4O. The van der Waals surface area contributed by atoms with E-state index in [9.17, 15) is 4.79 Å². The number of nitrogens with one attached hydrogen (secondary N) is 1. The summed E-state index contributed by atoms with van der Waals surface area (Å²) in [5.74, 6) is -0.133. The molecule has 0 spiro atoms. The lowest BCUT2D eigenvalue weighted by Crippen LogP contribution is -2.39. The van der Waals surface area contributed by atoms with E-state index in [1.54, 1.807) is 7.05 Å². The summed E-state index contributed by atoms with van der Waals surface area (Å²) in [5, 5.41) is 11.3. The Kier molecular flexibility index (Phi) is 2.85. The van der Waals surface area contributed by atoms with Gasteiger partial charge in [-0.1, -0.05) is 21.1 Å². The van der Waals surface area contributed by atoms with Gasteiger partial charge in [0.05, 0.1) is 5.54 Å². The Labute approximate surface area is 104 Å². The molecule has 82 valence electrons. The van der Waals surface area contributed by atoms with Crippen LogP contribution in [-0.4, -0.2) is 31.8 Å². The van der Waals surface area contributed by atoms with Crippen LogP contribution in [0.4, 0.5) is 0 Å². The molecule has 1 saturated carbocycles. The van der Waals surface area contributed by atoms with E-state index in [0.29, 0.717) is 10.3 Å². The second-order valence-corrected chi connectivity index (χ2v) is 5.03. The third-order valence-corrected chi connectivity index (χ3v) is 4.10. The van der Waals surface area contributed by atoms with Crippen molar-refractivity contribution in [2.24, 2.45) is 7.05 Å². The third kappa shape index (κ3) is 2.08. The number of amides is 1. The average Bonchev–Trinajstić information content (AvgIpc) is 2.88. The van der Waals surface area contributed by atoms with E-state index < -0.39 is 0 Å². The zero-order valence-electron chi connectivity index (χ0n) is 8.13. The lowest BCUT2D eigenvalue weighted by atomic mass is 10.3. The van der Waals surface area contributed by atoms with Crippen molar-refractivity contribution in [3.05, 3.63) is 10.3 Å². The highest BCUT2D eigenvalue weighted by Gasteiger charge is 2.43. The first kappa shape index (κ1) is 11.1. The molecule has 1 aliphatic carbocycles. The van der Waals surface area contributed by atoms with Gasteiger partial charge in [0, 0.05) is 12.4 Å². The van der Waals surface area contributed by atoms with E-state index in [2.05, 4.69) is 47.5 Å². The largest absolute Gasteiger partial charge is 0.344 e. The molecule has 1 aromatic rings. The van der Waals surface area contributed by atoms with Gasteiger partial charge in [0.2, 0.25) is 0 Å². The van der Waals surface area contributed by atoms with Gasteiger partial charge in [-0.15, -0.1) is 5.10 Å². The summed E-state index contributed by atoms with van der Waals surface area (Å²) in [6.07, 6.45) is 2.04. The minimum atomic E-state index is -0.133. The van der Waals surface area contributed by atoms with Crippen LogP contribution in [0.1, 0.15) is 23.3 Å². The smallest absolute Gasteiger partial charge is 0.272 e. The van der Waals surface area contributed by atoms with E-state index >= 15 is 0 Å². The van der Waals surface area contributed by atoms with Crippen molar-refractivity contribution in [1.82, 2.24) is 20.3 Å². The van der Waals surface area contributed by atoms with Crippen LogP contribution in [0.25, 0.3) is 0 Å². The van der Waals surface area contributed by atoms with Crippen molar-refractivity contribution in [3.63, 3.8) is 0 Å². The van der Waals surface area contributed by atoms with Crippen LogP contribution in [0.3, 0.4) is 0 Å². The monoisotopic (exact) mass is 336 g/mol. The Hall–Kier alpha value is -0.430. The standard InChI is InChI=1S/C8H10Br2N4O/c1-14-5(6(10)12-13-14)7(15)11-8(4-9)2-3-8/h2-4H2,1H3,(H,11,15). The van der Waals surface area contributed by atoms with Crippen molar-refractivity contribution in [2.45, 2.75) is 18.4 Å². The van der Waals surface area contributed by atoms with Crippen molar-refractivity contribution in [3.8, 4) is 0 Å². The number of aryl methyl sites for hydroxylation is 1. The minimum Gasteiger partial charge on any atom is -0.344 e. The first-order chi connectivity index (χ1) is 7.08. The SMILES string of the molecule is Cn1nnc(Br)c1C(=O)NC1(CBr)CC1. The summed E-state index contributed by atoms with van der Waals surface area (Å²) in [6.45, 7) is 0. The number of hydrogen-bond acceptors (Lipinski definition) is 3. The summed E-state index contributed by atoms with van der Waals surface area (Å²) in [4.78, 5) is 11.9. The molecule has 1 aromatic heterocycles. The normalized spacial score (nSPS) is 17.5. The predicted octanol–water partition coefficient (Wildman–Crippen LogP) is 1.23. The Balaban J connectivity index is 2.15. The van der Waals surface area contributed by atoms with Gasteiger partial charge in [-0.05, 0) is 28.8 Å². The summed E-state index contributed by atoms with van der Waals surface area (Å²) < 4.78 is 1.94. The Morgan fingerprint density at radius 1 is 1.67 bits per heavy atom. The number of carbonyl (C=O) groups excluding carboxylic acids is 1. The van der Waals surface area contributed by atoms with E-state index in [-0.39, 0.29) is 11.4 Å². The number of alkyl halides is 1. The average molecular weight is 338 g/mol. The molecule has 0 radical (unpaired) electrons. The molecule has 0 aliphatic heterocycles. The molecule has 0 bridgehead atoms. The Morgan fingerprint density at radius 3 is 2.73 bits per heavy atom. The van der Waals surface area contributed by atoms with Crippen LogP contribution in [-0.2, 0) is 7.05 Å². The second kappa shape index (κ2) is 3.86. The fraction of sp³-hybridized carbons (Fsp3) is 0.625. The molecular weight excluding hydrogens is 328 g/mol. The zero-order chi connectivity index (χ0) is 11.1. The third-order valence-electron chi connectivity index (χ3n) is 2.49. The molecule has 0 saturated heterocycles. The highest BCUT2D eigenvalue weighted by molar-refractivity contribution is 9.10. The van der Waals surface area contributed by atoms with E-state index in [1.165, 1.54) is 4.68 Å². The molecule has 7 heteroatoms. The maximum absolute atomic E-state index is 11.9. The first-order valence-corrected chi connectivity index (χ1v) is 6.43. The number of aromatic nitrogens is 3. The number of carbonyl (C=O) groups is 1. The molecule has 1 N–H and O–H groups in total. The Morgan fingerprint density at radius 2 is 2.33 bits per heavy atom. The molecule has 1 amide bonds.